The number of ether oxygens (including phenoxy) is 1. The Labute approximate surface area is 226 Å². The number of amides is 1. The lowest BCUT2D eigenvalue weighted by atomic mass is 9.87. The van der Waals surface area contributed by atoms with Crippen LogP contribution in [0.5, 0.6) is 0 Å². The highest BCUT2D eigenvalue weighted by atomic mass is 32.2. The zero-order valence-corrected chi connectivity index (χ0v) is 25.8. The molecule has 1 aliphatic rings. The van der Waals surface area contributed by atoms with Gasteiger partial charge in [0.15, 0.2) is 0 Å². The number of fused-ring (bicyclic) bond motifs is 1. The van der Waals surface area contributed by atoms with Gasteiger partial charge in [-0.25, -0.2) is 17.9 Å². The van der Waals surface area contributed by atoms with Crippen molar-refractivity contribution in [3.8, 4) is 0 Å². The molecule has 2 aromatic heterocycles. The maximum absolute atomic E-state index is 14.0. The lowest BCUT2D eigenvalue weighted by molar-refractivity contribution is 0.0560. The number of carbonyl (C=O) groups excluding carboxylic acids is 1. The molecule has 0 fully saturated rings. The van der Waals surface area contributed by atoms with Crippen molar-refractivity contribution in [1.82, 2.24) is 14.8 Å². The van der Waals surface area contributed by atoms with E-state index >= 15 is 0 Å². The minimum atomic E-state index is -4.28. The maximum Gasteiger partial charge on any atom is 0.412 e. The highest BCUT2D eigenvalue weighted by Gasteiger charge is 2.43. The summed E-state index contributed by atoms with van der Waals surface area (Å²) in [5.41, 5.74) is 0.383. The Morgan fingerprint density at radius 3 is 2.34 bits per heavy atom. The molecule has 0 bridgehead atoms. The number of rotatable bonds is 6. The van der Waals surface area contributed by atoms with E-state index in [9.17, 15) is 22.0 Å². The topological polar surface area (TPSA) is 106 Å². The predicted octanol–water partition coefficient (Wildman–Crippen LogP) is 5.28. The summed E-state index contributed by atoms with van der Waals surface area (Å²) in [4.78, 5) is 16.6. The van der Waals surface area contributed by atoms with Crippen LogP contribution in [0.15, 0.2) is 23.4 Å². The van der Waals surface area contributed by atoms with Crippen molar-refractivity contribution in [2.24, 2.45) is 5.92 Å². The van der Waals surface area contributed by atoms with Crippen molar-refractivity contribution in [3.05, 3.63) is 29.8 Å². The molecule has 0 saturated heterocycles. The molecule has 1 N–H and O–H groups in total. The van der Waals surface area contributed by atoms with Crippen LogP contribution < -0.4 is 9.62 Å². The third kappa shape index (κ3) is 6.90. The fourth-order valence-corrected chi connectivity index (χ4v) is 10.1. The molecule has 0 radical (unpaired) electrons. The van der Waals surface area contributed by atoms with Crippen LogP contribution in [0.4, 0.5) is 25.0 Å². The minimum absolute atomic E-state index is 0.0201. The van der Waals surface area contributed by atoms with E-state index in [-0.39, 0.29) is 38.8 Å². The minimum Gasteiger partial charge on any atom is -0.444 e. The maximum atomic E-state index is 14.0. The monoisotopic (exact) mass is 571 g/mol. The number of hydrogen-bond donors (Lipinski definition) is 1. The molecule has 38 heavy (non-hydrogen) atoms. The van der Waals surface area contributed by atoms with Crippen LogP contribution in [0.25, 0.3) is 0 Å². The molecule has 0 spiro atoms. The lowest BCUT2D eigenvalue weighted by Crippen LogP contribution is -2.45. The highest BCUT2D eigenvalue weighted by Crippen LogP contribution is 2.47. The number of alkyl halides is 2. The number of aromatic nitrogens is 3. The smallest absolute Gasteiger partial charge is 0.412 e. The summed E-state index contributed by atoms with van der Waals surface area (Å²) >= 11 is 0. The predicted molar refractivity (Wildman–Crippen MR) is 146 cm³/mol. The standard InChI is InChI=1S/C25H39F2N5O4SSi/c1-15-20(14-31(30-15)21(26)27)37(34,35)32-13-16(25(8,9)38-24(5,6)7)10-18-19(32)11-17(12-28-18)29-22(33)36-23(2,3)4/h11-12,14,16,21H,10,13,38H2,1-9H3,(H,29,33). The van der Waals surface area contributed by atoms with E-state index in [2.05, 4.69) is 50.0 Å². The molecule has 3 rings (SSSR count). The van der Waals surface area contributed by atoms with Gasteiger partial charge in [0.05, 0.1) is 35.2 Å². The van der Waals surface area contributed by atoms with Crippen LogP contribution in [-0.2, 0) is 21.2 Å². The Hall–Kier alpha value is -2.54. The van der Waals surface area contributed by atoms with Crippen molar-refractivity contribution in [2.45, 2.75) is 95.9 Å². The molecule has 0 saturated carbocycles. The molecule has 13 heteroatoms. The molecule has 1 amide bonds. The van der Waals surface area contributed by atoms with Gasteiger partial charge < -0.3 is 4.74 Å². The first kappa shape index (κ1) is 30.0. The largest absolute Gasteiger partial charge is 0.444 e. The molecule has 0 aliphatic carbocycles. The van der Waals surface area contributed by atoms with Gasteiger partial charge in [0, 0.05) is 16.1 Å². The Balaban J connectivity index is 2.09. The van der Waals surface area contributed by atoms with Crippen LogP contribution in [0.1, 0.15) is 73.3 Å². The summed E-state index contributed by atoms with van der Waals surface area (Å²) in [6.45, 7) is 14.7. The Morgan fingerprint density at radius 2 is 1.82 bits per heavy atom. The molecule has 3 heterocycles. The van der Waals surface area contributed by atoms with Crippen LogP contribution in [0, 0.1) is 12.8 Å². The molecule has 212 valence electrons. The number of nitrogens with zero attached hydrogens (tertiary/aromatic N) is 4. The van der Waals surface area contributed by atoms with Crippen LogP contribution in [0.3, 0.4) is 0 Å². The number of hydrogen-bond acceptors (Lipinski definition) is 6. The summed E-state index contributed by atoms with van der Waals surface area (Å²) in [5, 5.41) is 6.33. The van der Waals surface area contributed by atoms with Gasteiger partial charge in [-0.3, -0.25) is 14.6 Å². The average Bonchev–Trinajstić information content (AvgIpc) is 3.12. The summed E-state index contributed by atoms with van der Waals surface area (Å²) in [6.07, 6.45) is 2.20. The zero-order chi connectivity index (χ0) is 28.8. The molecule has 1 atom stereocenters. The number of nitrogens with one attached hydrogen (secondary N) is 1. The van der Waals surface area contributed by atoms with Crippen molar-refractivity contribution in [2.75, 3.05) is 16.2 Å². The van der Waals surface area contributed by atoms with Gasteiger partial charge in [-0.15, -0.1) is 0 Å². The summed E-state index contributed by atoms with van der Waals surface area (Å²) in [6, 6.07) is 1.54. The van der Waals surface area contributed by atoms with Crippen molar-refractivity contribution >= 4 is 37.0 Å². The molecule has 1 aliphatic heterocycles. The fourth-order valence-electron chi connectivity index (χ4n) is 5.14. The van der Waals surface area contributed by atoms with E-state index in [1.54, 1.807) is 26.8 Å². The molecule has 9 nitrogen and oxygen atoms in total. The van der Waals surface area contributed by atoms with Gasteiger partial charge in [-0.2, -0.15) is 13.9 Å². The summed E-state index contributed by atoms with van der Waals surface area (Å²) in [5.74, 6) is -0.0433. The van der Waals surface area contributed by atoms with E-state index < -0.39 is 37.8 Å². The Kier molecular flexibility index (Phi) is 8.06. The second-order valence-corrected chi connectivity index (χ2v) is 18.9. The molecular weight excluding hydrogens is 532 g/mol. The van der Waals surface area contributed by atoms with Gasteiger partial charge in [-0.05, 0) is 56.2 Å². The van der Waals surface area contributed by atoms with Crippen molar-refractivity contribution in [1.29, 1.82) is 0 Å². The van der Waals surface area contributed by atoms with Gasteiger partial charge in [0.25, 0.3) is 10.0 Å². The van der Waals surface area contributed by atoms with Crippen molar-refractivity contribution < 1.29 is 26.7 Å². The second-order valence-electron chi connectivity index (χ2n) is 12.8. The van der Waals surface area contributed by atoms with E-state index in [1.165, 1.54) is 17.4 Å². The van der Waals surface area contributed by atoms with Crippen molar-refractivity contribution in [3.63, 3.8) is 0 Å². The SMILES string of the molecule is Cc1nn(C(F)F)cc1S(=O)(=O)N1CC(C(C)(C)[SiH2]C(C)(C)C)Cc2ncc(NC(=O)OC(C)(C)C)cc21. The van der Waals surface area contributed by atoms with Gasteiger partial charge >= 0.3 is 12.6 Å². The van der Waals surface area contributed by atoms with E-state index in [4.69, 9.17) is 4.74 Å². The zero-order valence-electron chi connectivity index (χ0n) is 23.6. The number of halogens is 2. The normalized spacial score (nSPS) is 17.3. The van der Waals surface area contributed by atoms with E-state index in [1.807, 2.05) is 0 Å². The number of pyridine rings is 1. The van der Waals surface area contributed by atoms with E-state index in [0.29, 0.717) is 22.5 Å². The Morgan fingerprint density at radius 1 is 1.18 bits per heavy atom. The first-order chi connectivity index (χ1) is 17.2. The van der Waals surface area contributed by atoms with E-state index in [0.717, 1.165) is 6.20 Å². The molecular formula is C25H39F2N5O4SSi. The first-order valence-electron chi connectivity index (χ1n) is 12.6. The third-order valence-corrected chi connectivity index (χ3v) is 10.8. The second kappa shape index (κ2) is 10.2. The lowest BCUT2D eigenvalue weighted by Gasteiger charge is -2.44. The summed E-state index contributed by atoms with van der Waals surface area (Å²) < 4.78 is 61.5. The molecule has 0 aromatic carbocycles. The van der Waals surface area contributed by atoms with Gasteiger partial charge in [-0.1, -0.05) is 34.6 Å². The fraction of sp³-hybridized carbons (Fsp3) is 0.640. The van der Waals surface area contributed by atoms with Crippen LogP contribution in [0.2, 0.25) is 10.1 Å². The first-order valence-corrected chi connectivity index (χ1v) is 15.4. The van der Waals surface area contributed by atoms with Gasteiger partial charge in [0.1, 0.15) is 10.5 Å². The highest BCUT2D eigenvalue weighted by molar-refractivity contribution is 7.92. The third-order valence-electron chi connectivity index (χ3n) is 6.42. The number of carbonyl (C=O) groups is 1. The molecule has 2 aromatic rings. The number of anilines is 2. The van der Waals surface area contributed by atoms with Crippen LogP contribution >= 0.6 is 0 Å². The Bertz CT molecular complexity index is 1300. The average molecular weight is 572 g/mol. The molecule has 1 unspecified atom stereocenters. The number of sulfonamides is 1. The van der Waals surface area contributed by atoms with Gasteiger partial charge in [0.2, 0.25) is 0 Å². The summed E-state index contributed by atoms with van der Waals surface area (Å²) in [7, 11) is -4.97. The quantitative estimate of drug-likeness (QED) is 0.473. The number of aryl methyl sites for hydroxylation is 1. The van der Waals surface area contributed by atoms with Crippen LogP contribution in [-0.4, -0.2) is 50.9 Å².